The summed E-state index contributed by atoms with van der Waals surface area (Å²) in [6, 6.07) is 15.2. The summed E-state index contributed by atoms with van der Waals surface area (Å²) in [7, 11) is 0. The lowest BCUT2D eigenvalue weighted by Gasteiger charge is -2.11. The average molecular weight is 284 g/mol. The maximum atomic E-state index is 7.44. The molecule has 0 radical (unpaired) electrons. The molecule has 0 saturated carbocycles. The van der Waals surface area contributed by atoms with Gasteiger partial charge >= 0.3 is 0 Å². The third kappa shape index (κ3) is 4.53. The van der Waals surface area contributed by atoms with Gasteiger partial charge in [-0.05, 0) is 30.7 Å². The molecule has 0 saturated heterocycles. The fraction of sp³-hybridized carbons (Fsp3) is 0.235. The number of nitrogens with two attached hydrogens (primary N) is 1. The number of hydrogen-bond acceptors (Lipinski definition) is 3. The molecule has 3 N–H and O–H groups in total. The van der Waals surface area contributed by atoms with E-state index in [0.717, 1.165) is 23.5 Å². The first-order valence-corrected chi connectivity index (χ1v) is 6.92. The highest BCUT2D eigenvalue weighted by Gasteiger charge is 2.03. The van der Waals surface area contributed by atoms with Crippen LogP contribution in [0.5, 0.6) is 11.5 Å². The van der Waals surface area contributed by atoms with Crippen molar-refractivity contribution in [2.75, 3.05) is 13.2 Å². The van der Waals surface area contributed by atoms with Crippen LogP contribution in [0.15, 0.2) is 48.5 Å². The first kappa shape index (κ1) is 14.9. The van der Waals surface area contributed by atoms with Crippen molar-refractivity contribution in [2.24, 2.45) is 5.73 Å². The van der Waals surface area contributed by atoms with Crippen molar-refractivity contribution >= 4 is 5.84 Å². The first-order chi connectivity index (χ1) is 10.2. The molecule has 0 aromatic heterocycles. The molecule has 0 fully saturated rings. The zero-order valence-corrected chi connectivity index (χ0v) is 12.1. The molecule has 2 rings (SSSR count). The summed E-state index contributed by atoms with van der Waals surface area (Å²) >= 11 is 0. The number of benzene rings is 2. The molecular formula is C17H20N2O2. The topological polar surface area (TPSA) is 68.3 Å². The Bertz CT molecular complexity index is 597. The van der Waals surface area contributed by atoms with Crippen LogP contribution < -0.4 is 15.2 Å². The summed E-state index contributed by atoms with van der Waals surface area (Å²) < 4.78 is 11.3. The third-order valence-electron chi connectivity index (χ3n) is 3.06. The van der Waals surface area contributed by atoms with Crippen LogP contribution >= 0.6 is 0 Å². The van der Waals surface area contributed by atoms with Gasteiger partial charge in [-0.2, -0.15) is 0 Å². The van der Waals surface area contributed by atoms with Crippen LogP contribution in [0.1, 0.15) is 17.5 Å². The molecule has 0 bridgehead atoms. The SMILES string of the molecule is Cc1ccc(C(=N)N)cc1OCCCOc1ccccc1. The summed E-state index contributed by atoms with van der Waals surface area (Å²) in [5.74, 6) is 1.68. The standard InChI is InChI=1S/C17H20N2O2/c1-13-8-9-14(17(18)19)12-16(13)21-11-5-10-20-15-6-3-2-4-7-15/h2-4,6-9,12H,5,10-11H2,1H3,(H3,18,19). The van der Waals surface area contributed by atoms with Gasteiger partial charge in [-0.25, -0.2) is 0 Å². The van der Waals surface area contributed by atoms with E-state index in [9.17, 15) is 0 Å². The van der Waals surface area contributed by atoms with Crippen molar-refractivity contribution in [3.05, 3.63) is 59.7 Å². The fourth-order valence-corrected chi connectivity index (χ4v) is 1.87. The van der Waals surface area contributed by atoms with E-state index in [2.05, 4.69) is 0 Å². The van der Waals surface area contributed by atoms with Crippen molar-refractivity contribution in [1.82, 2.24) is 0 Å². The van der Waals surface area contributed by atoms with Crippen LogP contribution in [0.25, 0.3) is 0 Å². The highest BCUT2D eigenvalue weighted by molar-refractivity contribution is 5.95. The van der Waals surface area contributed by atoms with Gasteiger partial charge in [-0.3, -0.25) is 5.41 Å². The second kappa shape index (κ2) is 7.33. The van der Waals surface area contributed by atoms with Crippen molar-refractivity contribution < 1.29 is 9.47 Å². The average Bonchev–Trinajstić information content (AvgIpc) is 2.49. The minimum Gasteiger partial charge on any atom is -0.493 e. The molecule has 0 aliphatic rings. The maximum Gasteiger partial charge on any atom is 0.122 e. The number of para-hydroxylation sites is 1. The van der Waals surface area contributed by atoms with E-state index >= 15 is 0 Å². The normalized spacial score (nSPS) is 10.1. The van der Waals surface area contributed by atoms with Gasteiger partial charge in [0.1, 0.15) is 17.3 Å². The quantitative estimate of drug-likeness (QED) is 0.466. The number of amidine groups is 1. The fourth-order valence-electron chi connectivity index (χ4n) is 1.87. The van der Waals surface area contributed by atoms with E-state index in [4.69, 9.17) is 20.6 Å². The van der Waals surface area contributed by atoms with Gasteiger partial charge in [0, 0.05) is 12.0 Å². The van der Waals surface area contributed by atoms with E-state index in [1.54, 1.807) is 6.07 Å². The zero-order valence-electron chi connectivity index (χ0n) is 12.1. The predicted octanol–water partition coefficient (Wildman–Crippen LogP) is 3.13. The summed E-state index contributed by atoms with van der Waals surface area (Å²) in [5.41, 5.74) is 7.19. The second-order valence-corrected chi connectivity index (χ2v) is 4.76. The van der Waals surface area contributed by atoms with E-state index in [-0.39, 0.29) is 5.84 Å². The smallest absolute Gasteiger partial charge is 0.122 e. The number of rotatable bonds is 7. The lowest BCUT2D eigenvalue weighted by Crippen LogP contribution is -2.12. The Morgan fingerprint density at radius 3 is 2.48 bits per heavy atom. The highest BCUT2D eigenvalue weighted by Crippen LogP contribution is 2.19. The van der Waals surface area contributed by atoms with Gasteiger partial charge in [0.05, 0.1) is 13.2 Å². The van der Waals surface area contributed by atoms with Gasteiger partial charge in [0.15, 0.2) is 0 Å². The molecule has 0 atom stereocenters. The minimum atomic E-state index is 0.0484. The number of ether oxygens (including phenoxy) is 2. The van der Waals surface area contributed by atoms with Crippen LogP contribution in [-0.4, -0.2) is 19.0 Å². The summed E-state index contributed by atoms with van der Waals surface area (Å²) in [6.07, 6.45) is 0.790. The van der Waals surface area contributed by atoms with Gasteiger partial charge in [-0.15, -0.1) is 0 Å². The predicted molar refractivity (Wildman–Crippen MR) is 84.2 cm³/mol. The van der Waals surface area contributed by atoms with Crippen molar-refractivity contribution in [2.45, 2.75) is 13.3 Å². The Kier molecular flexibility index (Phi) is 5.21. The molecule has 0 spiro atoms. The maximum absolute atomic E-state index is 7.44. The van der Waals surface area contributed by atoms with Crippen LogP contribution in [0.3, 0.4) is 0 Å². The molecule has 2 aromatic rings. The van der Waals surface area contributed by atoms with E-state index in [0.29, 0.717) is 18.8 Å². The largest absolute Gasteiger partial charge is 0.493 e. The summed E-state index contributed by atoms with van der Waals surface area (Å²) in [5, 5.41) is 7.44. The molecule has 0 unspecified atom stereocenters. The van der Waals surface area contributed by atoms with Crippen LogP contribution in [-0.2, 0) is 0 Å². The Hall–Kier alpha value is -2.49. The molecule has 0 amide bonds. The summed E-state index contributed by atoms with van der Waals surface area (Å²) in [4.78, 5) is 0. The second-order valence-electron chi connectivity index (χ2n) is 4.76. The van der Waals surface area contributed by atoms with E-state index in [1.165, 1.54) is 0 Å². The molecule has 4 heteroatoms. The van der Waals surface area contributed by atoms with Gasteiger partial charge in [0.2, 0.25) is 0 Å². The lowest BCUT2D eigenvalue weighted by molar-refractivity contribution is 0.246. The zero-order chi connectivity index (χ0) is 15.1. The number of hydrogen-bond donors (Lipinski definition) is 2. The van der Waals surface area contributed by atoms with E-state index < -0.39 is 0 Å². The van der Waals surface area contributed by atoms with E-state index in [1.807, 2.05) is 49.4 Å². The number of nitrogens with one attached hydrogen (secondary N) is 1. The van der Waals surface area contributed by atoms with Crippen LogP contribution in [0.2, 0.25) is 0 Å². The van der Waals surface area contributed by atoms with Crippen LogP contribution in [0, 0.1) is 12.3 Å². The molecule has 21 heavy (non-hydrogen) atoms. The minimum absolute atomic E-state index is 0.0484. The molecule has 110 valence electrons. The Labute approximate surface area is 125 Å². The molecular weight excluding hydrogens is 264 g/mol. The van der Waals surface area contributed by atoms with Gasteiger partial charge in [0.25, 0.3) is 0 Å². The van der Waals surface area contributed by atoms with Gasteiger partial charge < -0.3 is 15.2 Å². The van der Waals surface area contributed by atoms with Gasteiger partial charge in [-0.1, -0.05) is 30.3 Å². The molecule has 0 heterocycles. The lowest BCUT2D eigenvalue weighted by atomic mass is 10.1. The number of aryl methyl sites for hydroxylation is 1. The third-order valence-corrected chi connectivity index (χ3v) is 3.06. The first-order valence-electron chi connectivity index (χ1n) is 6.92. The molecule has 0 aliphatic carbocycles. The molecule has 4 nitrogen and oxygen atoms in total. The Morgan fingerprint density at radius 2 is 1.76 bits per heavy atom. The van der Waals surface area contributed by atoms with Crippen molar-refractivity contribution in [3.63, 3.8) is 0 Å². The highest BCUT2D eigenvalue weighted by atomic mass is 16.5. The summed E-state index contributed by atoms with van der Waals surface area (Å²) in [6.45, 7) is 3.14. The van der Waals surface area contributed by atoms with Crippen molar-refractivity contribution in [1.29, 1.82) is 5.41 Å². The Morgan fingerprint density at radius 1 is 1.05 bits per heavy atom. The molecule has 0 aliphatic heterocycles. The van der Waals surface area contributed by atoms with Crippen molar-refractivity contribution in [3.8, 4) is 11.5 Å². The van der Waals surface area contributed by atoms with Crippen LogP contribution in [0.4, 0.5) is 0 Å². The number of nitrogen functional groups attached to an aromatic ring is 1. The monoisotopic (exact) mass is 284 g/mol. The molecule has 2 aromatic carbocycles. The Balaban J connectivity index is 1.78.